The van der Waals surface area contributed by atoms with Gasteiger partial charge < -0.3 is 0 Å². The van der Waals surface area contributed by atoms with Crippen molar-refractivity contribution >= 4 is 5.65 Å². The Morgan fingerprint density at radius 2 is 1.93 bits per heavy atom. The average Bonchev–Trinajstić information content (AvgIpc) is 2.45. The quantitative estimate of drug-likeness (QED) is 0.675. The van der Waals surface area contributed by atoms with Gasteiger partial charge in [0.2, 0.25) is 0 Å². The number of halogens is 3. The van der Waals surface area contributed by atoms with Crippen LogP contribution in [-0.4, -0.2) is 14.6 Å². The molecule has 2 rings (SSSR count). The maximum atomic E-state index is 12.5. The van der Waals surface area contributed by atoms with E-state index in [1.807, 2.05) is 0 Å². The molecule has 0 fully saturated rings. The molecular weight excluding hydrogens is 207 g/mol. The zero-order chi connectivity index (χ0) is 11.2. The first kappa shape index (κ1) is 9.95. The molecule has 0 radical (unpaired) electrons. The molecule has 6 heteroatoms. The summed E-state index contributed by atoms with van der Waals surface area (Å²) in [4.78, 5) is 3.56. The van der Waals surface area contributed by atoms with Gasteiger partial charge in [0.25, 0.3) is 0 Å². The van der Waals surface area contributed by atoms with Gasteiger partial charge >= 0.3 is 6.18 Å². The lowest BCUT2D eigenvalue weighted by Crippen LogP contribution is -2.07. The minimum Gasteiger partial charge on any atom is -0.222 e. The molecule has 0 aromatic carbocycles. The van der Waals surface area contributed by atoms with Crippen molar-refractivity contribution in [3.8, 4) is 0 Å². The molecule has 0 amide bonds. The van der Waals surface area contributed by atoms with Crippen molar-refractivity contribution in [3.05, 3.63) is 29.2 Å². The molecule has 0 aliphatic carbocycles. The molecule has 0 spiro atoms. The molecule has 0 aliphatic rings. The van der Waals surface area contributed by atoms with Crippen molar-refractivity contribution < 1.29 is 13.2 Å². The summed E-state index contributed by atoms with van der Waals surface area (Å²) in [7, 11) is 0. The molecule has 0 unspecified atom stereocenters. The Morgan fingerprint density at radius 3 is 2.47 bits per heavy atom. The van der Waals surface area contributed by atoms with E-state index in [9.17, 15) is 13.2 Å². The van der Waals surface area contributed by atoms with Crippen molar-refractivity contribution in [2.24, 2.45) is 0 Å². The fraction of sp³-hybridized carbons (Fsp3) is 0.333. The summed E-state index contributed by atoms with van der Waals surface area (Å²) in [6.45, 7) is 3.05. The van der Waals surface area contributed by atoms with Crippen LogP contribution >= 0.6 is 0 Å². The normalized spacial score (nSPS) is 12.3. The van der Waals surface area contributed by atoms with Crippen LogP contribution in [0.4, 0.5) is 13.2 Å². The van der Waals surface area contributed by atoms with E-state index < -0.39 is 11.9 Å². The summed E-state index contributed by atoms with van der Waals surface area (Å²) in [5.41, 5.74) is 0.0661. The zero-order valence-electron chi connectivity index (χ0n) is 8.13. The highest BCUT2D eigenvalue weighted by Crippen LogP contribution is 2.31. The van der Waals surface area contributed by atoms with Crippen LogP contribution in [0.2, 0.25) is 0 Å². The van der Waals surface area contributed by atoms with Crippen LogP contribution < -0.4 is 0 Å². The molecule has 0 saturated carbocycles. The van der Waals surface area contributed by atoms with Crippen LogP contribution in [0.1, 0.15) is 17.0 Å². The maximum absolute atomic E-state index is 12.5. The molecule has 0 saturated heterocycles. The Balaban J connectivity index is 2.81. The number of hydrogen-bond donors (Lipinski definition) is 0. The maximum Gasteiger partial charge on any atom is 0.435 e. The second kappa shape index (κ2) is 2.95. The third kappa shape index (κ3) is 1.45. The van der Waals surface area contributed by atoms with Crippen molar-refractivity contribution in [3.63, 3.8) is 0 Å². The number of aryl methyl sites for hydroxylation is 2. The van der Waals surface area contributed by atoms with Crippen LogP contribution in [0.5, 0.6) is 0 Å². The first-order chi connectivity index (χ1) is 6.91. The number of aromatic nitrogens is 3. The Bertz CT molecular complexity index is 513. The van der Waals surface area contributed by atoms with Crippen LogP contribution in [0.15, 0.2) is 12.3 Å². The predicted molar refractivity (Wildman–Crippen MR) is 47.5 cm³/mol. The molecule has 2 aromatic heterocycles. The second-order valence-corrected chi connectivity index (χ2v) is 3.29. The van der Waals surface area contributed by atoms with Crippen LogP contribution in [0, 0.1) is 13.8 Å². The fourth-order valence-corrected chi connectivity index (χ4v) is 1.44. The highest BCUT2D eigenvalue weighted by Gasteiger charge is 2.36. The van der Waals surface area contributed by atoms with E-state index in [2.05, 4.69) is 10.1 Å². The first-order valence-electron chi connectivity index (χ1n) is 4.29. The highest BCUT2D eigenvalue weighted by atomic mass is 19.4. The van der Waals surface area contributed by atoms with Crippen LogP contribution in [-0.2, 0) is 6.18 Å². The minimum atomic E-state index is -4.43. The number of nitrogens with zero attached hydrogens (tertiary/aromatic N) is 3. The highest BCUT2D eigenvalue weighted by molar-refractivity contribution is 5.48. The smallest absolute Gasteiger partial charge is 0.222 e. The van der Waals surface area contributed by atoms with Crippen LogP contribution in [0.25, 0.3) is 5.65 Å². The molecule has 0 atom stereocenters. The molecule has 15 heavy (non-hydrogen) atoms. The van der Waals surface area contributed by atoms with Gasteiger partial charge in [-0.25, -0.2) is 9.50 Å². The van der Waals surface area contributed by atoms with Crippen molar-refractivity contribution in [1.29, 1.82) is 0 Å². The van der Waals surface area contributed by atoms with E-state index in [1.54, 1.807) is 13.0 Å². The van der Waals surface area contributed by atoms with Crippen molar-refractivity contribution in [2.45, 2.75) is 20.0 Å². The number of rotatable bonds is 0. The molecule has 80 valence electrons. The number of alkyl halides is 3. The summed E-state index contributed by atoms with van der Waals surface area (Å²) in [5, 5.41) is 3.83. The first-order valence-corrected chi connectivity index (χ1v) is 4.29. The third-order valence-corrected chi connectivity index (χ3v) is 2.21. The molecule has 2 aromatic rings. The Hall–Kier alpha value is -1.59. The Morgan fingerprint density at radius 1 is 1.27 bits per heavy atom. The van der Waals surface area contributed by atoms with Crippen molar-refractivity contribution in [2.75, 3.05) is 0 Å². The molecule has 0 bridgehead atoms. The zero-order valence-corrected chi connectivity index (χ0v) is 8.13. The summed E-state index contributed by atoms with van der Waals surface area (Å²) in [6.07, 6.45) is -2.97. The van der Waals surface area contributed by atoms with Gasteiger partial charge in [0.15, 0.2) is 11.3 Å². The van der Waals surface area contributed by atoms with Crippen molar-refractivity contribution in [1.82, 2.24) is 14.6 Å². The largest absolute Gasteiger partial charge is 0.435 e. The van der Waals surface area contributed by atoms with Gasteiger partial charge in [-0.05, 0) is 25.5 Å². The summed E-state index contributed by atoms with van der Waals surface area (Å²) in [6, 6.07) is 1.63. The van der Waals surface area contributed by atoms with E-state index in [4.69, 9.17) is 0 Å². The molecule has 2 heterocycles. The Kier molecular flexibility index (Phi) is 1.95. The van der Waals surface area contributed by atoms with Gasteiger partial charge in [-0.3, -0.25) is 0 Å². The van der Waals surface area contributed by atoms with Gasteiger partial charge in [-0.2, -0.15) is 18.3 Å². The van der Waals surface area contributed by atoms with E-state index >= 15 is 0 Å². The molecule has 3 nitrogen and oxygen atoms in total. The molecule has 0 N–H and O–H groups in total. The standard InChI is InChI=1S/C9H8F3N3/c1-5-3-4-13-15-6(2)7(9(10,11)12)14-8(5)15/h3-4H,1-2H3. The van der Waals surface area contributed by atoms with E-state index in [0.29, 0.717) is 5.56 Å². The SMILES string of the molecule is Cc1ccnn2c(C)c(C(F)(F)F)nc12. The lowest BCUT2D eigenvalue weighted by molar-refractivity contribution is -0.141. The third-order valence-electron chi connectivity index (χ3n) is 2.21. The summed E-state index contributed by atoms with van der Waals surface area (Å²) >= 11 is 0. The lowest BCUT2D eigenvalue weighted by Gasteiger charge is -2.02. The van der Waals surface area contributed by atoms with E-state index in [0.717, 1.165) is 0 Å². The second-order valence-electron chi connectivity index (χ2n) is 3.29. The summed E-state index contributed by atoms with van der Waals surface area (Å²) < 4.78 is 38.8. The fourth-order valence-electron chi connectivity index (χ4n) is 1.44. The minimum absolute atomic E-state index is 0.0150. The number of imidazole rings is 1. The summed E-state index contributed by atoms with van der Waals surface area (Å²) in [5.74, 6) is 0. The molecular formula is C9H8F3N3. The topological polar surface area (TPSA) is 30.2 Å². The lowest BCUT2D eigenvalue weighted by atomic mass is 10.3. The monoisotopic (exact) mass is 215 g/mol. The number of fused-ring (bicyclic) bond motifs is 1. The van der Waals surface area contributed by atoms with Gasteiger partial charge in [-0.1, -0.05) is 0 Å². The number of hydrogen-bond acceptors (Lipinski definition) is 2. The molecule has 0 aliphatic heterocycles. The van der Waals surface area contributed by atoms with Gasteiger partial charge in [0.05, 0.1) is 5.69 Å². The van der Waals surface area contributed by atoms with Crippen LogP contribution in [0.3, 0.4) is 0 Å². The Labute approximate surface area is 83.5 Å². The average molecular weight is 215 g/mol. The van der Waals surface area contributed by atoms with Gasteiger partial charge in [-0.15, -0.1) is 0 Å². The predicted octanol–water partition coefficient (Wildman–Crippen LogP) is 2.36. The van der Waals surface area contributed by atoms with E-state index in [1.165, 1.54) is 17.6 Å². The van der Waals surface area contributed by atoms with E-state index in [-0.39, 0.29) is 11.3 Å². The van der Waals surface area contributed by atoms with Gasteiger partial charge in [0, 0.05) is 6.20 Å². The van der Waals surface area contributed by atoms with Gasteiger partial charge in [0.1, 0.15) is 0 Å².